The molecular weight excluding hydrogens is 240 g/mol. The highest BCUT2D eigenvalue weighted by Gasteiger charge is 2.24. The van der Waals surface area contributed by atoms with Gasteiger partial charge in [0.1, 0.15) is 23.5 Å². The van der Waals surface area contributed by atoms with Crippen LogP contribution in [-0.4, -0.2) is 12.9 Å². The second kappa shape index (κ2) is 4.92. The first kappa shape index (κ1) is 12.0. The zero-order valence-corrected chi connectivity index (χ0v) is 10.9. The monoisotopic (exact) mass is 256 g/mol. The number of aldehydes is 1. The quantitative estimate of drug-likeness (QED) is 0.776. The molecule has 0 amide bonds. The van der Waals surface area contributed by atoms with E-state index in [1.165, 1.54) is 0 Å². The van der Waals surface area contributed by atoms with Crippen LogP contribution < -0.4 is 9.47 Å². The van der Waals surface area contributed by atoms with Crippen LogP contribution in [0.25, 0.3) is 6.08 Å². The van der Waals surface area contributed by atoms with Gasteiger partial charge >= 0.3 is 0 Å². The SMILES string of the molecule is CCOc1ccc2c(c1)OC1=C(C=O)CCCC1=C2. The number of rotatable bonds is 3. The lowest BCUT2D eigenvalue weighted by Crippen LogP contribution is -2.13. The predicted octanol–water partition coefficient (Wildman–Crippen LogP) is 3.50. The molecule has 3 nitrogen and oxygen atoms in total. The molecule has 0 aromatic heterocycles. The topological polar surface area (TPSA) is 35.5 Å². The Morgan fingerprint density at radius 2 is 2.26 bits per heavy atom. The fourth-order valence-corrected chi connectivity index (χ4v) is 2.56. The van der Waals surface area contributed by atoms with Crippen molar-refractivity contribution in [1.82, 2.24) is 0 Å². The van der Waals surface area contributed by atoms with Crippen molar-refractivity contribution >= 4 is 12.4 Å². The summed E-state index contributed by atoms with van der Waals surface area (Å²) >= 11 is 0. The molecule has 0 fully saturated rings. The van der Waals surface area contributed by atoms with Gasteiger partial charge in [-0.2, -0.15) is 0 Å². The van der Waals surface area contributed by atoms with E-state index >= 15 is 0 Å². The lowest BCUT2D eigenvalue weighted by Gasteiger charge is -2.25. The summed E-state index contributed by atoms with van der Waals surface area (Å²) in [6.45, 7) is 2.58. The Labute approximate surface area is 112 Å². The Balaban J connectivity index is 2.04. The fraction of sp³-hybridized carbons (Fsp3) is 0.312. The molecule has 0 radical (unpaired) electrons. The summed E-state index contributed by atoms with van der Waals surface area (Å²) in [7, 11) is 0. The molecule has 0 saturated carbocycles. The van der Waals surface area contributed by atoms with Crippen LogP contribution in [0.2, 0.25) is 0 Å². The van der Waals surface area contributed by atoms with Gasteiger partial charge < -0.3 is 9.47 Å². The Bertz CT molecular complexity index is 582. The van der Waals surface area contributed by atoms with Crippen LogP contribution >= 0.6 is 0 Å². The van der Waals surface area contributed by atoms with Gasteiger partial charge in [-0.1, -0.05) is 0 Å². The van der Waals surface area contributed by atoms with Crippen molar-refractivity contribution < 1.29 is 14.3 Å². The first-order valence-corrected chi connectivity index (χ1v) is 6.66. The molecule has 98 valence electrons. The summed E-state index contributed by atoms with van der Waals surface area (Å²) in [6, 6.07) is 5.83. The Morgan fingerprint density at radius 1 is 1.37 bits per heavy atom. The van der Waals surface area contributed by atoms with Crippen LogP contribution in [0, 0.1) is 0 Å². The average molecular weight is 256 g/mol. The molecule has 3 rings (SSSR count). The molecule has 2 aliphatic rings. The standard InChI is InChI=1S/C16H16O3/c1-2-18-14-7-6-11-8-12-4-3-5-13(10-17)16(12)19-15(11)9-14/h6-10H,2-5H2,1H3. The summed E-state index contributed by atoms with van der Waals surface area (Å²) < 4.78 is 11.4. The molecule has 3 heteroatoms. The minimum Gasteiger partial charge on any atom is -0.494 e. The second-order valence-electron chi connectivity index (χ2n) is 4.73. The highest BCUT2D eigenvalue weighted by atomic mass is 16.5. The minimum absolute atomic E-state index is 0.627. The fourth-order valence-electron chi connectivity index (χ4n) is 2.56. The molecular formula is C16H16O3. The van der Waals surface area contributed by atoms with Crippen molar-refractivity contribution in [1.29, 1.82) is 0 Å². The third-order valence-electron chi connectivity index (χ3n) is 3.46. The summed E-state index contributed by atoms with van der Waals surface area (Å²) in [5.41, 5.74) is 2.95. The third kappa shape index (κ3) is 2.16. The van der Waals surface area contributed by atoms with Crippen molar-refractivity contribution in [2.75, 3.05) is 6.61 Å². The van der Waals surface area contributed by atoms with Gasteiger partial charge in [-0.15, -0.1) is 0 Å². The van der Waals surface area contributed by atoms with E-state index in [4.69, 9.17) is 9.47 Å². The number of benzene rings is 1. The Morgan fingerprint density at radius 3 is 3.05 bits per heavy atom. The predicted molar refractivity (Wildman–Crippen MR) is 73.2 cm³/mol. The molecule has 1 aliphatic carbocycles. The number of hydrogen-bond acceptors (Lipinski definition) is 3. The van der Waals surface area contributed by atoms with Crippen molar-refractivity contribution in [3.05, 3.63) is 40.7 Å². The molecule has 1 heterocycles. The molecule has 19 heavy (non-hydrogen) atoms. The molecule has 1 aromatic rings. The first-order valence-electron chi connectivity index (χ1n) is 6.66. The van der Waals surface area contributed by atoms with E-state index in [9.17, 15) is 4.79 Å². The summed E-state index contributed by atoms with van der Waals surface area (Å²) in [5.74, 6) is 2.32. The molecule has 1 aromatic carbocycles. The lowest BCUT2D eigenvalue weighted by molar-refractivity contribution is -0.105. The van der Waals surface area contributed by atoms with Gasteiger partial charge in [0, 0.05) is 17.2 Å². The highest BCUT2D eigenvalue weighted by Crippen LogP contribution is 2.39. The molecule has 0 saturated heterocycles. The van der Waals surface area contributed by atoms with Crippen molar-refractivity contribution in [2.45, 2.75) is 26.2 Å². The number of carbonyl (C=O) groups excluding carboxylic acids is 1. The maximum atomic E-state index is 11.1. The Kier molecular flexibility index (Phi) is 3.11. The van der Waals surface area contributed by atoms with Gasteiger partial charge in [0.2, 0.25) is 0 Å². The van der Waals surface area contributed by atoms with Gasteiger partial charge in [-0.25, -0.2) is 0 Å². The maximum Gasteiger partial charge on any atom is 0.149 e. The molecule has 0 unspecified atom stereocenters. The lowest BCUT2D eigenvalue weighted by atomic mass is 9.91. The summed E-state index contributed by atoms with van der Waals surface area (Å²) in [5, 5.41) is 0. The number of ether oxygens (including phenoxy) is 2. The van der Waals surface area contributed by atoms with Gasteiger partial charge in [0.15, 0.2) is 0 Å². The highest BCUT2D eigenvalue weighted by molar-refractivity contribution is 5.79. The third-order valence-corrected chi connectivity index (χ3v) is 3.46. The van der Waals surface area contributed by atoms with Crippen LogP contribution in [0.4, 0.5) is 0 Å². The van der Waals surface area contributed by atoms with Crippen molar-refractivity contribution in [3.8, 4) is 11.5 Å². The van der Waals surface area contributed by atoms with Crippen LogP contribution in [0.1, 0.15) is 31.7 Å². The van der Waals surface area contributed by atoms with E-state index in [0.717, 1.165) is 59.5 Å². The first-order chi connectivity index (χ1) is 9.31. The van der Waals surface area contributed by atoms with Crippen LogP contribution in [0.15, 0.2) is 35.1 Å². The summed E-state index contributed by atoms with van der Waals surface area (Å²) in [4.78, 5) is 11.1. The van der Waals surface area contributed by atoms with E-state index in [1.807, 2.05) is 25.1 Å². The van der Waals surface area contributed by atoms with Crippen molar-refractivity contribution in [2.24, 2.45) is 0 Å². The van der Waals surface area contributed by atoms with Gasteiger partial charge in [-0.3, -0.25) is 4.79 Å². The molecule has 0 bridgehead atoms. The largest absolute Gasteiger partial charge is 0.494 e. The average Bonchev–Trinajstić information content (AvgIpc) is 2.45. The van der Waals surface area contributed by atoms with Gasteiger partial charge in [0.05, 0.1) is 6.61 Å². The zero-order chi connectivity index (χ0) is 13.2. The van der Waals surface area contributed by atoms with E-state index < -0.39 is 0 Å². The number of hydrogen-bond donors (Lipinski definition) is 0. The number of carbonyl (C=O) groups is 1. The molecule has 0 atom stereocenters. The molecule has 0 N–H and O–H groups in total. The van der Waals surface area contributed by atoms with Gasteiger partial charge in [-0.05, 0) is 50.0 Å². The van der Waals surface area contributed by atoms with Crippen LogP contribution in [0.5, 0.6) is 11.5 Å². The van der Waals surface area contributed by atoms with Crippen molar-refractivity contribution in [3.63, 3.8) is 0 Å². The number of allylic oxidation sites excluding steroid dienone is 2. The van der Waals surface area contributed by atoms with E-state index in [1.54, 1.807) is 0 Å². The minimum atomic E-state index is 0.627. The van der Waals surface area contributed by atoms with E-state index in [-0.39, 0.29) is 0 Å². The maximum absolute atomic E-state index is 11.1. The number of fused-ring (bicyclic) bond motifs is 2. The molecule has 0 spiro atoms. The van der Waals surface area contributed by atoms with Crippen LogP contribution in [0.3, 0.4) is 0 Å². The summed E-state index contributed by atoms with van der Waals surface area (Å²) in [6.07, 6.45) is 5.82. The Hall–Kier alpha value is -2.03. The van der Waals surface area contributed by atoms with Gasteiger partial charge in [0.25, 0.3) is 0 Å². The smallest absolute Gasteiger partial charge is 0.149 e. The second-order valence-corrected chi connectivity index (χ2v) is 4.73. The molecule has 1 aliphatic heterocycles. The van der Waals surface area contributed by atoms with E-state index in [2.05, 4.69) is 6.08 Å². The van der Waals surface area contributed by atoms with E-state index in [0.29, 0.717) is 6.61 Å². The normalized spacial score (nSPS) is 17.0. The zero-order valence-electron chi connectivity index (χ0n) is 10.9. The van der Waals surface area contributed by atoms with Crippen LogP contribution in [-0.2, 0) is 4.79 Å².